The van der Waals surface area contributed by atoms with E-state index in [0.717, 1.165) is 37.4 Å². The Labute approximate surface area is 187 Å². The van der Waals surface area contributed by atoms with Gasteiger partial charge in [0, 0.05) is 18.0 Å². The zero-order valence-corrected chi connectivity index (χ0v) is 18.9. The molecule has 0 spiro atoms. The molecule has 4 aromatic heterocycles. The Morgan fingerprint density at radius 1 is 1.06 bits per heavy atom. The summed E-state index contributed by atoms with van der Waals surface area (Å²) in [7, 11) is 5.97. The fourth-order valence-corrected chi connectivity index (χ4v) is 5.29. The summed E-state index contributed by atoms with van der Waals surface area (Å²) in [6, 6.07) is 14.1. The first-order valence-corrected chi connectivity index (χ1v) is 11.4. The first-order valence-electron chi connectivity index (χ1n) is 9.69. The fourth-order valence-electron chi connectivity index (χ4n) is 3.32. The summed E-state index contributed by atoms with van der Waals surface area (Å²) in [5.41, 5.74) is 2.28. The van der Waals surface area contributed by atoms with Gasteiger partial charge in [0.05, 0.1) is 18.2 Å². The number of nitrogens with zero attached hydrogens (tertiary/aromatic N) is 6. The van der Waals surface area contributed by atoms with Crippen LogP contribution in [0.4, 0.5) is 0 Å². The van der Waals surface area contributed by atoms with Crippen molar-refractivity contribution in [3.8, 4) is 22.7 Å². The van der Waals surface area contributed by atoms with Crippen molar-refractivity contribution in [1.29, 1.82) is 0 Å². The third kappa shape index (κ3) is 3.87. The Balaban J connectivity index is 1.63. The minimum atomic E-state index is 0.665. The third-order valence-electron chi connectivity index (χ3n) is 4.75. The highest BCUT2D eigenvalue weighted by Crippen LogP contribution is 2.40. The highest BCUT2D eigenvalue weighted by atomic mass is 32.2. The average Bonchev–Trinajstić information content (AvgIpc) is 3.49. The molecule has 0 saturated heterocycles. The number of furan rings is 1. The molecular weight excluding hydrogens is 428 g/mol. The topological polar surface area (TPSA) is 72.9 Å². The summed E-state index contributed by atoms with van der Waals surface area (Å²) in [6.07, 6.45) is 1.63. The van der Waals surface area contributed by atoms with Crippen LogP contribution in [-0.4, -0.2) is 43.7 Å². The van der Waals surface area contributed by atoms with Crippen LogP contribution in [-0.2, 0) is 13.6 Å². The lowest BCUT2D eigenvalue weighted by Gasteiger charge is -2.11. The molecule has 0 radical (unpaired) electrons. The Hall–Kier alpha value is -3.01. The lowest BCUT2D eigenvalue weighted by atomic mass is 10.1. The standard InChI is InChI=1S/C22H20N6OS2/c1-27(2)12-17-23-20-18(15(13-30-20)14-8-5-4-6-9-14)21(24-17)31-22-26-25-19(28(22)3)16-10-7-11-29-16/h4-11,13H,12H2,1-3H3. The van der Waals surface area contributed by atoms with E-state index in [0.29, 0.717) is 18.1 Å². The molecule has 5 aromatic rings. The van der Waals surface area contributed by atoms with Crippen LogP contribution in [0.1, 0.15) is 5.82 Å². The molecule has 0 aliphatic heterocycles. The molecule has 4 heterocycles. The predicted molar refractivity (Wildman–Crippen MR) is 123 cm³/mol. The van der Waals surface area contributed by atoms with Crippen molar-refractivity contribution in [2.24, 2.45) is 7.05 Å². The summed E-state index contributed by atoms with van der Waals surface area (Å²) >= 11 is 3.14. The van der Waals surface area contributed by atoms with Gasteiger partial charge >= 0.3 is 0 Å². The molecule has 0 fully saturated rings. The molecule has 0 amide bonds. The van der Waals surface area contributed by atoms with Crippen molar-refractivity contribution in [1.82, 2.24) is 29.6 Å². The van der Waals surface area contributed by atoms with E-state index < -0.39 is 0 Å². The van der Waals surface area contributed by atoms with E-state index in [9.17, 15) is 0 Å². The normalized spacial score (nSPS) is 11.6. The lowest BCUT2D eigenvalue weighted by molar-refractivity contribution is 0.390. The number of rotatable bonds is 6. The van der Waals surface area contributed by atoms with E-state index in [-0.39, 0.29) is 0 Å². The van der Waals surface area contributed by atoms with Gasteiger partial charge in [-0.05, 0) is 43.6 Å². The van der Waals surface area contributed by atoms with Gasteiger partial charge in [0.1, 0.15) is 15.7 Å². The second kappa shape index (κ2) is 8.26. The van der Waals surface area contributed by atoms with Gasteiger partial charge in [0.2, 0.25) is 0 Å². The second-order valence-electron chi connectivity index (χ2n) is 7.32. The minimum Gasteiger partial charge on any atom is -0.461 e. The second-order valence-corrected chi connectivity index (χ2v) is 9.14. The predicted octanol–water partition coefficient (Wildman–Crippen LogP) is 4.96. The van der Waals surface area contributed by atoms with Crippen LogP contribution in [0.15, 0.2) is 68.7 Å². The molecule has 1 aromatic carbocycles. The maximum absolute atomic E-state index is 5.50. The first kappa shape index (κ1) is 19.9. The minimum absolute atomic E-state index is 0.665. The molecule has 5 rings (SSSR count). The number of benzene rings is 1. The maximum Gasteiger partial charge on any atom is 0.200 e. The van der Waals surface area contributed by atoms with E-state index >= 15 is 0 Å². The summed E-state index contributed by atoms with van der Waals surface area (Å²) in [6.45, 7) is 0.665. The average molecular weight is 449 g/mol. The van der Waals surface area contributed by atoms with Crippen LogP contribution < -0.4 is 0 Å². The molecule has 0 bridgehead atoms. The monoisotopic (exact) mass is 448 g/mol. The maximum atomic E-state index is 5.50. The summed E-state index contributed by atoms with van der Waals surface area (Å²) in [5.74, 6) is 2.15. The van der Waals surface area contributed by atoms with Gasteiger partial charge in [0.25, 0.3) is 0 Å². The van der Waals surface area contributed by atoms with Gasteiger partial charge in [-0.2, -0.15) is 0 Å². The lowest BCUT2D eigenvalue weighted by Crippen LogP contribution is -2.13. The molecule has 0 atom stereocenters. The van der Waals surface area contributed by atoms with Gasteiger partial charge in [-0.15, -0.1) is 21.5 Å². The Kier molecular flexibility index (Phi) is 5.31. The molecule has 9 heteroatoms. The molecule has 0 saturated carbocycles. The molecule has 0 unspecified atom stereocenters. The van der Waals surface area contributed by atoms with Crippen LogP contribution in [0.5, 0.6) is 0 Å². The van der Waals surface area contributed by atoms with Crippen LogP contribution in [0.3, 0.4) is 0 Å². The van der Waals surface area contributed by atoms with Gasteiger partial charge in [-0.3, -0.25) is 0 Å². The summed E-state index contributed by atoms with van der Waals surface area (Å²) in [5, 5.41) is 13.5. The largest absolute Gasteiger partial charge is 0.461 e. The number of hydrogen-bond acceptors (Lipinski definition) is 8. The van der Waals surface area contributed by atoms with E-state index in [2.05, 4.69) is 32.6 Å². The fraction of sp³-hybridized carbons (Fsp3) is 0.182. The molecule has 0 N–H and O–H groups in total. The van der Waals surface area contributed by atoms with Gasteiger partial charge < -0.3 is 13.9 Å². The van der Waals surface area contributed by atoms with E-state index in [4.69, 9.17) is 14.4 Å². The molecule has 0 aliphatic rings. The van der Waals surface area contributed by atoms with Gasteiger partial charge in [-0.1, -0.05) is 30.3 Å². The van der Waals surface area contributed by atoms with Gasteiger partial charge in [-0.25, -0.2) is 9.97 Å². The van der Waals surface area contributed by atoms with E-state index in [1.807, 2.05) is 56.0 Å². The molecule has 7 nitrogen and oxygen atoms in total. The van der Waals surface area contributed by atoms with Crippen molar-refractivity contribution in [3.63, 3.8) is 0 Å². The molecular formula is C22H20N6OS2. The quantitative estimate of drug-likeness (QED) is 0.340. The smallest absolute Gasteiger partial charge is 0.200 e. The highest BCUT2D eigenvalue weighted by molar-refractivity contribution is 7.99. The Bertz CT molecular complexity index is 1330. The van der Waals surface area contributed by atoms with Crippen molar-refractivity contribution in [2.45, 2.75) is 16.7 Å². The number of hydrogen-bond donors (Lipinski definition) is 0. The Morgan fingerprint density at radius 3 is 2.65 bits per heavy atom. The van der Waals surface area contributed by atoms with Crippen molar-refractivity contribution in [2.75, 3.05) is 14.1 Å². The summed E-state index contributed by atoms with van der Waals surface area (Å²) in [4.78, 5) is 12.8. The Morgan fingerprint density at radius 2 is 1.90 bits per heavy atom. The third-order valence-corrected chi connectivity index (χ3v) is 6.65. The SMILES string of the molecule is CN(C)Cc1nc(Sc2nnc(-c3ccco3)n2C)c2c(-c3ccccc3)csc2n1. The van der Waals surface area contributed by atoms with Gasteiger partial charge in [0.15, 0.2) is 16.7 Å². The van der Waals surface area contributed by atoms with Crippen molar-refractivity contribution >= 4 is 33.3 Å². The van der Waals surface area contributed by atoms with E-state index in [1.54, 1.807) is 17.6 Å². The zero-order valence-electron chi connectivity index (χ0n) is 17.3. The van der Waals surface area contributed by atoms with Crippen molar-refractivity contribution in [3.05, 3.63) is 59.9 Å². The zero-order chi connectivity index (χ0) is 21.4. The van der Waals surface area contributed by atoms with Crippen LogP contribution in [0, 0.1) is 0 Å². The highest BCUT2D eigenvalue weighted by Gasteiger charge is 2.20. The van der Waals surface area contributed by atoms with Crippen LogP contribution in [0.25, 0.3) is 32.9 Å². The summed E-state index contributed by atoms with van der Waals surface area (Å²) < 4.78 is 7.43. The van der Waals surface area contributed by atoms with Crippen LogP contribution in [0.2, 0.25) is 0 Å². The van der Waals surface area contributed by atoms with E-state index in [1.165, 1.54) is 11.8 Å². The molecule has 0 aliphatic carbocycles. The number of aromatic nitrogens is 5. The van der Waals surface area contributed by atoms with Crippen LogP contribution >= 0.6 is 23.1 Å². The molecule has 31 heavy (non-hydrogen) atoms. The molecule has 156 valence electrons. The number of thiophene rings is 1. The first-order chi connectivity index (χ1) is 15.1. The number of fused-ring (bicyclic) bond motifs is 1. The van der Waals surface area contributed by atoms with Crippen molar-refractivity contribution < 1.29 is 4.42 Å².